The van der Waals surface area contributed by atoms with Gasteiger partial charge in [-0.3, -0.25) is 0 Å². The Bertz CT molecular complexity index is 811. The number of hydrogen-bond donors (Lipinski definition) is 2. The normalized spacial score (nSPS) is 11.1. The highest BCUT2D eigenvalue weighted by Crippen LogP contribution is 2.23. The first-order valence-corrected chi connectivity index (χ1v) is 7.17. The minimum Gasteiger partial charge on any atom is -0.368 e. The van der Waals surface area contributed by atoms with Crippen molar-refractivity contribution < 1.29 is 0 Å². The minimum atomic E-state index is 0.188. The highest BCUT2D eigenvalue weighted by molar-refractivity contribution is 5.85. The smallest absolute Gasteiger partial charge is 0.224 e. The van der Waals surface area contributed by atoms with Gasteiger partial charge < -0.3 is 11.1 Å². The number of anilines is 2. The number of aryl methyl sites for hydroxylation is 1. The molecule has 0 aliphatic rings. The van der Waals surface area contributed by atoms with E-state index >= 15 is 0 Å². The van der Waals surface area contributed by atoms with Crippen LogP contribution in [0.25, 0.3) is 22.4 Å². The number of nitrogens with two attached hydrogens (primary N) is 1. The summed E-state index contributed by atoms with van der Waals surface area (Å²) in [5.41, 5.74) is 9.85. The summed E-state index contributed by atoms with van der Waals surface area (Å²) in [5.74, 6) is 0.798. The van der Waals surface area contributed by atoms with Crippen molar-refractivity contribution in [2.45, 2.75) is 26.8 Å². The maximum Gasteiger partial charge on any atom is 0.224 e. The molecule has 0 bridgehead atoms. The lowest BCUT2D eigenvalue weighted by molar-refractivity contribution is 0.889. The van der Waals surface area contributed by atoms with Crippen LogP contribution in [0.1, 0.15) is 19.4 Å². The average molecular weight is 294 g/mol. The monoisotopic (exact) mass is 294 g/mol. The Morgan fingerprint density at radius 2 is 1.77 bits per heavy atom. The zero-order valence-corrected chi connectivity index (χ0v) is 12.8. The van der Waals surface area contributed by atoms with Gasteiger partial charge in [-0.05, 0) is 20.8 Å². The fraction of sp³-hybridized carbons (Fsp3) is 0.250. The van der Waals surface area contributed by atoms with Crippen LogP contribution in [0.3, 0.4) is 0 Å². The topological polar surface area (TPSA) is 89.6 Å². The molecule has 0 saturated heterocycles. The van der Waals surface area contributed by atoms with E-state index in [-0.39, 0.29) is 12.0 Å². The lowest BCUT2D eigenvalue weighted by atomic mass is 10.1. The second-order valence-electron chi connectivity index (χ2n) is 5.52. The molecule has 0 saturated carbocycles. The third-order valence-corrected chi connectivity index (χ3v) is 3.20. The number of hydrogen-bond acceptors (Lipinski definition) is 6. The molecule has 0 unspecified atom stereocenters. The van der Waals surface area contributed by atoms with Gasteiger partial charge in [0.1, 0.15) is 0 Å². The molecule has 0 aliphatic heterocycles. The predicted molar refractivity (Wildman–Crippen MR) is 88.5 cm³/mol. The number of fused-ring (bicyclic) bond motifs is 1. The number of nitrogens with zero attached hydrogens (tertiary/aromatic N) is 4. The van der Waals surface area contributed by atoms with Gasteiger partial charge in [0.25, 0.3) is 0 Å². The van der Waals surface area contributed by atoms with E-state index in [1.807, 2.05) is 38.1 Å². The summed E-state index contributed by atoms with van der Waals surface area (Å²) in [5, 5.41) is 3.24. The van der Waals surface area contributed by atoms with Gasteiger partial charge in [-0.2, -0.15) is 9.97 Å². The van der Waals surface area contributed by atoms with Crippen LogP contribution >= 0.6 is 0 Å². The Morgan fingerprint density at radius 1 is 1.05 bits per heavy atom. The van der Waals surface area contributed by atoms with Gasteiger partial charge in [0.05, 0.1) is 11.9 Å². The van der Waals surface area contributed by atoms with Crippen LogP contribution in [0.2, 0.25) is 0 Å². The van der Waals surface area contributed by atoms with Crippen molar-refractivity contribution in [1.82, 2.24) is 19.9 Å². The van der Waals surface area contributed by atoms with Crippen LogP contribution in [0.4, 0.5) is 11.8 Å². The molecule has 0 amide bonds. The second-order valence-corrected chi connectivity index (χ2v) is 5.52. The van der Waals surface area contributed by atoms with Crippen LogP contribution in [0, 0.1) is 6.92 Å². The number of aromatic nitrogens is 4. The Kier molecular flexibility index (Phi) is 3.58. The molecule has 112 valence electrons. The molecular weight excluding hydrogens is 276 g/mol. The predicted octanol–water partition coefficient (Wildman–Crippen LogP) is 2.80. The Hall–Kier alpha value is -2.76. The largest absolute Gasteiger partial charge is 0.368 e. The summed E-state index contributed by atoms with van der Waals surface area (Å²) in [6, 6.07) is 8.36. The second kappa shape index (κ2) is 5.55. The zero-order valence-electron chi connectivity index (χ0n) is 12.8. The van der Waals surface area contributed by atoms with Gasteiger partial charge in [0, 0.05) is 11.6 Å². The number of nitrogens with one attached hydrogen (secondary N) is 1. The Balaban J connectivity index is 2.15. The molecule has 3 N–H and O–H groups in total. The highest BCUT2D eigenvalue weighted by Gasteiger charge is 2.11. The summed E-state index contributed by atoms with van der Waals surface area (Å²) < 4.78 is 0. The summed E-state index contributed by atoms with van der Waals surface area (Å²) in [6.07, 6.45) is 1.71. The fourth-order valence-electron chi connectivity index (χ4n) is 2.16. The van der Waals surface area contributed by atoms with E-state index in [2.05, 4.69) is 32.2 Å². The maximum absolute atomic E-state index is 5.74. The minimum absolute atomic E-state index is 0.188. The van der Waals surface area contributed by atoms with Gasteiger partial charge in [-0.15, -0.1) is 0 Å². The van der Waals surface area contributed by atoms with Gasteiger partial charge >= 0.3 is 0 Å². The Morgan fingerprint density at radius 3 is 2.45 bits per heavy atom. The maximum atomic E-state index is 5.74. The molecule has 3 rings (SSSR count). The van der Waals surface area contributed by atoms with Crippen molar-refractivity contribution in [3.8, 4) is 11.3 Å². The van der Waals surface area contributed by atoms with Crippen molar-refractivity contribution in [2.24, 2.45) is 0 Å². The quantitative estimate of drug-likeness (QED) is 0.772. The van der Waals surface area contributed by atoms with E-state index in [0.29, 0.717) is 17.0 Å². The first kappa shape index (κ1) is 14.2. The summed E-state index contributed by atoms with van der Waals surface area (Å²) >= 11 is 0. The molecule has 0 fully saturated rings. The van der Waals surface area contributed by atoms with Crippen molar-refractivity contribution in [1.29, 1.82) is 0 Å². The molecule has 0 radical (unpaired) electrons. The molecule has 0 atom stereocenters. The van der Waals surface area contributed by atoms with Crippen molar-refractivity contribution in [3.63, 3.8) is 0 Å². The summed E-state index contributed by atoms with van der Waals surface area (Å²) in [7, 11) is 0. The van der Waals surface area contributed by atoms with Gasteiger partial charge in [0.2, 0.25) is 5.95 Å². The molecule has 0 spiro atoms. The summed E-state index contributed by atoms with van der Waals surface area (Å²) in [6.45, 7) is 6.11. The molecule has 6 heteroatoms. The van der Waals surface area contributed by atoms with Crippen LogP contribution < -0.4 is 11.1 Å². The van der Waals surface area contributed by atoms with Gasteiger partial charge in [0.15, 0.2) is 17.0 Å². The van der Waals surface area contributed by atoms with E-state index in [4.69, 9.17) is 5.73 Å². The van der Waals surface area contributed by atoms with Gasteiger partial charge in [-0.25, -0.2) is 9.97 Å². The van der Waals surface area contributed by atoms with Crippen molar-refractivity contribution in [2.75, 3.05) is 11.1 Å². The van der Waals surface area contributed by atoms with Crippen molar-refractivity contribution in [3.05, 3.63) is 36.0 Å². The molecule has 3 aromatic rings. The molecule has 6 nitrogen and oxygen atoms in total. The molecular formula is C16H18N6. The average Bonchev–Trinajstić information content (AvgIpc) is 2.47. The molecule has 2 aromatic heterocycles. The first-order valence-electron chi connectivity index (χ1n) is 7.17. The zero-order chi connectivity index (χ0) is 15.7. The van der Waals surface area contributed by atoms with Crippen LogP contribution in [-0.2, 0) is 0 Å². The number of benzene rings is 1. The van der Waals surface area contributed by atoms with E-state index in [1.165, 1.54) is 5.56 Å². The fourth-order valence-corrected chi connectivity index (χ4v) is 2.16. The number of rotatable bonds is 3. The first-order chi connectivity index (χ1) is 10.5. The lowest BCUT2D eigenvalue weighted by Gasteiger charge is -2.11. The van der Waals surface area contributed by atoms with Crippen LogP contribution in [-0.4, -0.2) is 26.0 Å². The van der Waals surface area contributed by atoms with E-state index < -0.39 is 0 Å². The van der Waals surface area contributed by atoms with E-state index in [0.717, 1.165) is 11.3 Å². The standard InChI is InChI=1S/C16H18N6/c1-9(2)19-15-13-14(21-16(17)22-15)18-8-12(20-13)11-6-4-10(3)5-7-11/h4-9H,1-3H3,(H3,17,18,19,21,22). The SMILES string of the molecule is Cc1ccc(-c2cnc3nc(N)nc(NC(C)C)c3n2)cc1. The third-order valence-electron chi connectivity index (χ3n) is 3.20. The lowest BCUT2D eigenvalue weighted by Crippen LogP contribution is -2.13. The third kappa shape index (κ3) is 2.81. The molecule has 0 aliphatic carbocycles. The molecule has 2 heterocycles. The van der Waals surface area contributed by atoms with Gasteiger partial charge in [-0.1, -0.05) is 29.8 Å². The highest BCUT2D eigenvalue weighted by atomic mass is 15.1. The van der Waals surface area contributed by atoms with Crippen LogP contribution in [0.15, 0.2) is 30.5 Å². The summed E-state index contributed by atoms with van der Waals surface area (Å²) in [4.78, 5) is 17.4. The molecule has 22 heavy (non-hydrogen) atoms. The number of nitrogen functional groups attached to an aromatic ring is 1. The van der Waals surface area contributed by atoms with E-state index in [9.17, 15) is 0 Å². The molecule has 1 aromatic carbocycles. The van der Waals surface area contributed by atoms with Crippen molar-refractivity contribution >= 4 is 22.9 Å². The van der Waals surface area contributed by atoms with Crippen LogP contribution in [0.5, 0.6) is 0 Å². The van der Waals surface area contributed by atoms with E-state index in [1.54, 1.807) is 6.20 Å². The Labute approximate surface area is 128 Å².